The van der Waals surface area contributed by atoms with Crippen LogP contribution in [0.15, 0.2) is 18.5 Å². The van der Waals surface area contributed by atoms with Crippen molar-refractivity contribution < 1.29 is 4.79 Å². The topological polar surface area (TPSA) is 50.2 Å². The Hall–Kier alpha value is -1.07. The lowest BCUT2D eigenvalue weighted by Crippen LogP contribution is -2.56. The summed E-state index contributed by atoms with van der Waals surface area (Å²) < 4.78 is 1.89. The van der Waals surface area contributed by atoms with Gasteiger partial charge in [-0.2, -0.15) is 5.10 Å². The first-order valence-electron chi connectivity index (χ1n) is 7.76. The molecule has 1 N–H and O–H groups in total. The third-order valence-corrected chi connectivity index (χ3v) is 4.62. The fourth-order valence-corrected chi connectivity index (χ4v) is 3.17. The summed E-state index contributed by atoms with van der Waals surface area (Å²) >= 11 is 0. The van der Waals surface area contributed by atoms with E-state index in [1.807, 2.05) is 21.8 Å². The molecule has 2 fully saturated rings. The summed E-state index contributed by atoms with van der Waals surface area (Å²) in [6.07, 6.45) is 7.92. The number of halogens is 1. The van der Waals surface area contributed by atoms with Gasteiger partial charge in [-0.05, 0) is 57.7 Å². The van der Waals surface area contributed by atoms with Crippen LogP contribution in [0, 0.1) is 5.92 Å². The van der Waals surface area contributed by atoms with E-state index >= 15 is 0 Å². The molecular weight excluding hydrogens is 288 g/mol. The fraction of sp³-hybridized carbons (Fsp3) is 0.733. The molecule has 6 heteroatoms. The predicted molar refractivity (Wildman–Crippen MR) is 84.5 cm³/mol. The zero-order chi connectivity index (χ0) is 14.0. The van der Waals surface area contributed by atoms with Gasteiger partial charge in [0.2, 0.25) is 0 Å². The smallest absolute Gasteiger partial charge is 0.250 e. The second-order valence-electron chi connectivity index (χ2n) is 6.02. The Kier molecular flexibility index (Phi) is 5.27. The van der Waals surface area contributed by atoms with Crippen LogP contribution in [-0.4, -0.2) is 46.8 Å². The van der Waals surface area contributed by atoms with Crippen LogP contribution in [0.2, 0.25) is 0 Å². The molecule has 1 aliphatic carbocycles. The Morgan fingerprint density at radius 3 is 2.67 bits per heavy atom. The van der Waals surface area contributed by atoms with Gasteiger partial charge in [0.05, 0.1) is 0 Å². The number of likely N-dealkylation sites (N-methyl/N-ethyl adjacent to an activating group) is 1. The number of carbonyl (C=O) groups excluding carboxylic acids is 1. The van der Waals surface area contributed by atoms with Crippen LogP contribution < -0.4 is 5.32 Å². The van der Waals surface area contributed by atoms with Crippen LogP contribution in [0.4, 0.5) is 0 Å². The standard InChI is InChI=1S/C15H24N4O.ClH/c1-2-18(12-13-4-5-13)14(20)15(6-9-16-10-7-15)19-11-3-8-17-19;/h3,8,11,13,16H,2,4-7,9-10,12H2,1H3;1H. The molecule has 3 rings (SSSR count). The van der Waals surface area contributed by atoms with Gasteiger partial charge in [-0.1, -0.05) is 0 Å². The van der Waals surface area contributed by atoms with Crippen LogP contribution >= 0.6 is 12.4 Å². The summed E-state index contributed by atoms with van der Waals surface area (Å²) in [5.41, 5.74) is -0.473. The number of hydrogen-bond acceptors (Lipinski definition) is 3. The van der Waals surface area contributed by atoms with E-state index in [-0.39, 0.29) is 18.3 Å². The molecule has 1 aromatic rings. The summed E-state index contributed by atoms with van der Waals surface area (Å²) in [7, 11) is 0. The molecule has 5 nitrogen and oxygen atoms in total. The van der Waals surface area contributed by atoms with Gasteiger partial charge in [0.25, 0.3) is 5.91 Å². The minimum Gasteiger partial charge on any atom is -0.341 e. The highest BCUT2D eigenvalue weighted by molar-refractivity contribution is 5.85. The summed E-state index contributed by atoms with van der Waals surface area (Å²) in [4.78, 5) is 15.2. The van der Waals surface area contributed by atoms with Crippen molar-refractivity contribution in [2.45, 2.75) is 38.1 Å². The molecule has 21 heavy (non-hydrogen) atoms. The first-order valence-corrected chi connectivity index (χ1v) is 7.76. The number of piperidine rings is 1. The highest BCUT2D eigenvalue weighted by Crippen LogP contribution is 2.33. The van der Waals surface area contributed by atoms with Gasteiger partial charge >= 0.3 is 0 Å². The molecule has 0 radical (unpaired) electrons. The second-order valence-corrected chi connectivity index (χ2v) is 6.02. The van der Waals surface area contributed by atoms with E-state index in [4.69, 9.17) is 0 Å². The Bertz CT molecular complexity index is 452. The number of aromatic nitrogens is 2. The fourth-order valence-electron chi connectivity index (χ4n) is 3.17. The van der Waals surface area contributed by atoms with Crippen LogP contribution in [-0.2, 0) is 10.3 Å². The highest BCUT2D eigenvalue weighted by atomic mass is 35.5. The van der Waals surface area contributed by atoms with Crippen molar-refractivity contribution in [3.63, 3.8) is 0 Å². The van der Waals surface area contributed by atoms with Gasteiger partial charge in [0.15, 0.2) is 0 Å². The van der Waals surface area contributed by atoms with E-state index in [9.17, 15) is 4.79 Å². The number of nitrogens with zero attached hydrogens (tertiary/aromatic N) is 3. The average molecular weight is 313 g/mol. The average Bonchev–Trinajstić information content (AvgIpc) is 3.14. The Balaban J connectivity index is 0.00000161. The molecule has 0 spiro atoms. The summed E-state index contributed by atoms with van der Waals surface area (Å²) in [6, 6.07) is 1.91. The van der Waals surface area contributed by atoms with Crippen molar-refractivity contribution >= 4 is 18.3 Å². The van der Waals surface area contributed by atoms with Gasteiger partial charge in [-0.3, -0.25) is 9.48 Å². The van der Waals surface area contributed by atoms with E-state index in [1.54, 1.807) is 6.20 Å². The molecule has 118 valence electrons. The lowest BCUT2D eigenvalue weighted by molar-refractivity contribution is -0.143. The predicted octanol–water partition coefficient (Wildman–Crippen LogP) is 1.64. The maximum Gasteiger partial charge on any atom is 0.250 e. The molecule has 2 heterocycles. The SMILES string of the molecule is CCN(CC1CC1)C(=O)C1(n2cccn2)CCNCC1.Cl. The van der Waals surface area contributed by atoms with Gasteiger partial charge in [0, 0.05) is 25.5 Å². The minimum atomic E-state index is -0.473. The second kappa shape index (κ2) is 6.79. The third-order valence-electron chi connectivity index (χ3n) is 4.62. The van der Waals surface area contributed by atoms with Gasteiger partial charge in [0.1, 0.15) is 5.54 Å². The number of amides is 1. The van der Waals surface area contributed by atoms with Gasteiger partial charge < -0.3 is 10.2 Å². The molecule has 1 saturated heterocycles. The van der Waals surface area contributed by atoms with Crippen molar-refractivity contribution in [1.29, 1.82) is 0 Å². The zero-order valence-electron chi connectivity index (χ0n) is 12.6. The number of hydrogen-bond donors (Lipinski definition) is 1. The summed E-state index contributed by atoms with van der Waals surface area (Å²) in [6.45, 7) is 5.56. The molecule has 1 aromatic heterocycles. The Morgan fingerprint density at radius 2 is 2.14 bits per heavy atom. The van der Waals surface area contributed by atoms with Crippen molar-refractivity contribution in [1.82, 2.24) is 20.0 Å². The first kappa shape index (κ1) is 16.3. The van der Waals surface area contributed by atoms with E-state index < -0.39 is 5.54 Å². The van der Waals surface area contributed by atoms with Crippen molar-refractivity contribution in [3.05, 3.63) is 18.5 Å². The van der Waals surface area contributed by atoms with Crippen LogP contribution in [0.1, 0.15) is 32.6 Å². The monoisotopic (exact) mass is 312 g/mol. The number of carbonyl (C=O) groups is 1. The molecule has 1 aliphatic heterocycles. The quantitative estimate of drug-likeness (QED) is 0.899. The lowest BCUT2D eigenvalue weighted by atomic mass is 9.86. The highest BCUT2D eigenvalue weighted by Gasteiger charge is 2.44. The van der Waals surface area contributed by atoms with Crippen LogP contribution in [0.3, 0.4) is 0 Å². The van der Waals surface area contributed by atoms with E-state index in [2.05, 4.69) is 17.3 Å². The number of rotatable bonds is 5. The van der Waals surface area contributed by atoms with E-state index in [1.165, 1.54) is 12.8 Å². The largest absolute Gasteiger partial charge is 0.341 e. The first-order chi connectivity index (χ1) is 9.76. The maximum absolute atomic E-state index is 13.2. The molecule has 1 saturated carbocycles. The van der Waals surface area contributed by atoms with Crippen molar-refractivity contribution in [2.75, 3.05) is 26.2 Å². The molecule has 0 bridgehead atoms. The van der Waals surface area contributed by atoms with Crippen molar-refractivity contribution in [2.24, 2.45) is 5.92 Å². The molecular formula is C15H25ClN4O. The van der Waals surface area contributed by atoms with Gasteiger partial charge in [-0.25, -0.2) is 0 Å². The Labute approximate surface area is 132 Å². The van der Waals surface area contributed by atoms with Crippen molar-refractivity contribution in [3.8, 4) is 0 Å². The zero-order valence-corrected chi connectivity index (χ0v) is 13.4. The summed E-state index contributed by atoms with van der Waals surface area (Å²) in [5, 5.41) is 7.74. The molecule has 0 atom stereocenters. The minimum absolute atomic E-state index is 0. The van der Waals surface area contributed by atoms with Crippen LogP contribution in [0.5, 0.6) is 0 Å². The van der Waals surface area contributed by atoms with Gasteiger partial charge in [-0.15, -0.1) is 12.4 Å². The number of nitrogens with one attached hydrogen (secondary N) is 1. The maximum atomic E-state index is 13.2. The lowest BCUT2D eigenvalue weighted by Gasteiger charge is -2.40. The molecule has 2 aliphatic rings. The summed E-state index contributed by atoms with van der Waals surface area (Å²) in [5.74, 6) is 0.993. The Morgan fingerprint density at radius 1 is 1.43 bits per heavy atom. The molecule has 0 unspecified atom stereocenters. The normalized spacial score (nSPS) is 20.6. The molecule has 1 amide bonds. The third kappa shape index (κ3) is 3.24. The van der Waals surface area contributed by atoms with Crippen LogP contribution in [0.25, 0.3) is 0 Å². The molecule has 0 aromatic carbocycles. The van der Waals surface area contributed by atoms with E-state index in [0.29, 0.717) is 0 Å². The van der Waals surface area contributed by atoms with E-state index in [0.717, 1.165) is 44.9 Å².